The zero-order chi connectivity index (χ0) is 12.0. The summed E-state index contributed by atoms with van der Waals surface area (Å²) in [5.41, 5.74) is 0.144. The van der Waals surface area contributed by atoms with Gasteiger partial charge in [-0.25, -0.2) is 0 Å². The van der Waals surface area contributed by atoms with Crippen molar-refractivity contribution in [3.63, 3.8) is 0 Å². The van der Waals surface area contributed by atoms with Crippen LogP contribution >= 0.6 is 0 Å². The number of nitro groups is 1. The van der Waals surface area contributed by atoms with Gasteiger partial charge in [-0.3, -0.25) is 10.1 Å². The molecule has 1 rings (SSSR count). The van der Waals surface area contributed by atoms with E-state index in [0.717, 1.165) is 0 Å². The van der Waals surface area contributed by atoms with Crippen molar-refractivity contribution < 1.29 is 14.5 Å². The van der Waals surface area contributed by atoms with Crippen molar-refractivity contribution in [2.45, 2.75) is 6.42 Å². The Hall–Kier alpha value is -2.35. The van der Waals surface area contributed by atoms with E-state index >= 15 is 0 Å². The highest BCUT2D eigenvalue weighted by Gasteiger charge is 2.12. The molecular formula is C11H9NO4. The molecule has 0 unspecified atom stereocenters. The molecule has 16 heavy (non-hydrogen) atoms. The Morgan fingerprint density at radius 2 is 2.31 bits per heavy atom. The SMILES string of the molecule is COc1ccc([N+](=O)[O-])c(C#CCC=O)c1. The average molecular weight is 219 g/mol. The van der Waals surface area contributed by atoms with Gasteiger partial charge in [0.25, 0.3) is 5.69 Å². The number of nitrogens with zero attached hydrogens (tertiary/aromatic N) is 1. The van der Waals surface area contributed by atoms with Gasteiger partial charge in [-0.15, -0.1) is 0 Å². The van der Waals surface area contributed by atoms with Crippen LogP contribution in [0.15, 0.2) is 18.2 Å². The summed E-state index contributed by atoms with van der Waals surface area (Å²) in [5.74, 6) is 5.57. The molecule has 1 aromatic carbocycles. The molecule has 0 fully saturated rings. The second-order valence-corrected chi connectivity index (χ2v) is 2.81. The lowest BCUT2D eigenvalue weighted by atomic mass is 10.1. The Bertz CT molecular complexity index is 471. The molecule has 0 N–H and O–H groups in total. The predicted octanol–water partition coefficient (Wildman–Crippen LogP) is 1.54. The maximum Gasteiger partial charge on any atom is 0.285 e. The third-order valence-electron chi connectivity index (χ3n) is 1.81. The van der Waals surface area contributed by atoms with E-state index in [1.807, 2.05) is 0 Å². The Kier molecular flexibility index (Phi) is 4.04. The Morgan fingerprint density at radius 3 is 2.88 bits per heavy atom. The number of aldehydes is 1. The molecule has 5 heteroatoms. The van der Waals surface area contributed by atoms with Gasteiger partial charge in [0.15, 0.2) is 0 Å². The second kappa shape index (κ2) is 5.51. The number of methoxy groups -OCH3 is 1. The maximum atomic E-state index is 10.7. The summed E-state index contributed by atoms with van der Waals surface area (Å²) in [7, 11) is 1.46. The molecule has 0 spiro atoms. The van der Waals surface area contributed by atoms with Gasteiger partial charge in [-0.05, 0) is 6.07 Å². The van der Waals surface area contributed by atoms with Crippen molar-refractivity contribution in [2.75, 3.05) is 7.11 Å². The smallest absolute Gasteiger partial charge is 0.285 e. The van der Waals surface area contributed by atoms with E-state index in [-0.39, 0.29) is 17.7 Å². The van der Waals surface area contributed by atoms with Crippen molar-refractivity contribution in [1.29, 1.82) is 0 Å². The molecule has 0 saturated carbocycles. The van der Waals surface area contributed by atoms with Crippen LogP contribution in [0.4, 0.5) is 5.69 Å². The number of hydrogen-bond acceptors (Lipinski definition) is 4. The Labute approximate surface area is 92.2 Å². The van der Waals surface area contributed by atoms with Crippen LogP contribution in [0.25, 0.3) is 0 Å². The van der Waals surface area contributed by atoms with Crippen LogP contribution in [0.1, 0.15) is 12.0 Å². The summed E-state index contributed by atoms with van der Waals surface area (Å²) in [6, 6.07) is 4.28. The third kappa shape index (κ3) is 2.82. The Balaban J connectivity index is 3.16. The molecule has 0 aliphatic rings. The predicted molar refractivity (Wildman–Crippen MR) is 57.2 cm³/mol. The molecule has 5 nitrogen and oxygen atoms in total. The minimum atomic E-state index is -0.523. The van der Waals surface area contributed by atoms with E-state index in [9.17, 15) is 14.9 Å². The summed E-state index contributed by atoms with van der Waals surface area (Å²) in [5, 5.41) is 10.7. The van der Waals surface area contributed by atoms with E-state index in [2.05, 4.69) is 11.8 Å². The van der Waals surface area contributed by atoms with Gasteiger partial charge >= 0.3 is 0 Å². The Morgan fingerprint density at radius 1 is 1.56 bits per heavy atom. The van der Waals surface area contributed by atoms with E-state index in [1.165, 1.54) is 25.3 Å². The number of carbonyl (C=O) groups is 1. The quantitative estimate of drug-likeness (QED) is 0.334. The summed E-state index contributed by atoms with van der Waals surface area (Å²) < 4.78 is 4.94. The van der Waals surface area contributed by atoms with Crippen LogP contribution < -0.4 is 4.74 Å². The molecule has 0 atom stereocenters. The zero-order valence-electron chi connectivity index (χ0n) is 8.60. The van der Waals surface area contributed by atoms with Crippen molar-refractivity contribution in [2.24, 2.45) is 0 Å². The fraction of sp³-hybridized carbons (Fsp3) is 0.182. The van der Waals surface area contributed by atoms with Crippen LogP contribution in [0.3, 0.4) is 0 Å². The number of carbonyl (C=O) groups excluding carboxylic acids is 1. The largest absolute Gasteiger partial charge is 0.497 e. The molecule has 82 valence electrons. The minimum Gasteiger partial charge on any atom is -0.497 e. The van der Waals surface area contributed by atoms with Gasteiger partial charge in [0.2, 0.25) is 0 Å². The van der Waals surface area contributed by atoms with Crippen molar-refractivity contribution in [3.05, 3.63) is 33.9 Å². The van der Waals surface area contributed by atoms with E-state index in [1.54, 1.807) is 0 Å². The van der Waals surface area contributed by atoms with Crippen molar-refractivity contribution >= 4 is 12.0 Å². The second-order valence-electron chi connectivity index (χ2n) is 2.81. The van der Waals surface area contributed by atoms with Crippen LogP contribution in [0.2, 0.25) is 0 Å². The highest BCUT2D eigenvalue weighted by atomic mass is 16.6. The van der Waals surface area contributed by atoms with E-state index in [0.29, 0.717) is 12.0 Å². The lowest BCUT2D eigenvalue weighted by Gasteiger charge is -2.00. The molecule has 0 saturated heterocycles. The van der Waals surface area contributed by atoms with Crippen LogP contribution in [-0.4, -0.2) is 18.3 Å². The van der Waals surface area contributed by atoms with Gasteiger partial charge in [0, 0.05) is 12.1 Å². The number of rotatable bonds is 3. The highest BCUT2D eigenvalue weighted by molar-refractivity contribution is 5.58. The zero-order valence-corrected chi connectivity index (χ0v) is 8.60. The monoisotopic (exact) mass is 219 g/mol. The number of hydrogen-bond donors (Lipinski definition) is 0. The van der Waals surface area contributed by atoms with E-state index in [4.69, 9.17) is 4.74 Å². The molecule has 0 aliphatic carbocycles. The molecule has 0 aliphatic heterocycles. The van der Waals surface area contributed by atoms with Gasteiger partial charge in [0.05, 0.1) is 18.5 Å². The summed E-state index contributed by atoms with van der Waals surface area (Å²) in [4.78, 5) is 20.2. The number of ether oxygens (including phenoxy) is 1. The molecular weight excluding hydrogens is 210 g/mol. The molecule has 0 bridgehead atoms. The number of benzene rings is 1. The first kappa shape index (κ1) is 11.7. The van der Waals surface area contributed by atoms with Crippen LogP contribution in [-0.2, 0) is 4.79 Å². The molecule has 0 aromatic heterocycles. The van der Waals surface area contributed by atoms with Crippen LogP contribution in [0, 0.1) is 22.0 Å². The molecule has 0 heterocycles. The minimum absolute atomic E-state index is 0.0500. The molecule has 0 amide bonds. The van der Waals surface area contributed by atoms with Gasteiger partial charge < -0.3 is 9.53 Å². The topological polar surface area (TPSA) is 69.4 Å². The van der Waals surface area contributed by atoms with Crippen molar-refractivity contribution in [1.82, 2.24) is 0 Å². The first-order valence-electron chi connectivity index (χ1n) is 4.44. The summed E-state index contributed by atoms with van der Waals surface area (Å²) in [6.45, 7) is 0. The fourth-order valence-corrected chi connectivity index (χ4v) is 1.09. The lowest BCUT2D eigenvalue weighted by Crippen LogP contribution is -1.93. The summed E-state index contributed by atoms with van der Waals surface area (Å²) >= 11 is 0. The normalized spacial score (nSPS) is 8.81. The van der Waals surface area contributed by atoms with E-state index < -0.39 is 4.92 Å². The fourth-order valence-electron chi connectivity index (χ4n) is 1.09. The number of nitro benzene ring substituents is 1. The first-order chi connectivity index (χ1) is 7.69. The van der Waals surface area contributed by atoms with Crippen LogP contribution in [0.5, 0.6) is 5.75 Å². The average Bonchev–Trinajstić information content (AvgIpc) is 2.29. The highest BCUT2D eigenvalue weighted by Crippen LogP contribution is 2.22. The van der Waals surface area contributed by atoms with Gasteiger partial charge in [0.1, 0.15) is 17.6 Å². The maximum absolute atomic E-state index is 10.7. The summed E-state index contributed by atoms with van der Waals surface area (Å²) in [6.07, 6.45) is 0.688. The standard InChI is InChI=1S/C11H9NO4/c1-16-10-5-6-11(12(14)15)9(8-10)4-2-3-7-13/h5-8H,3H2,1H3. The lowest BCUT2D eigenvalue weighted by molar-refractivity contribution is -0.385. The first-order valence-corrected chi connectivity index (χ1v) is 4.44. The third-order valence-corrected chi connectivity index (χ3v) is 1.81. The van der Waals surface area contributed by atoms with Crippen molar-refractivity contribution in [3.8, 4) is 17.6 Å². The van der Waals surface area contributed by atoms with Gasteiger partial charge in [-0.2, -0.15) is 0 Å². The van der Waals surface area contributed by atoms with Gasteiger partial charge in [-0.1, -0.05) is 11.8 Å². The molecule has 0 radical (unpaired) electrons. The molecule has 1 aromatic rings.